The van der Waals surface area contributed by atoms with Crippen molar-refractivity contribution < 1.29 is 14.3 Å². The molecule has 1 aromatic rings. The predicted molar refractivity (Wildman–Crippen MR) is 64.4 cm³/mol. The Bertz CT molecular complexity index is 402. The normalized spacial score (nSPS) is 12.1. The van der Waals surface area contributed by atoms with Crippen LogP contribution >= 0.6 is 0 Å². The van der Waals surface area contributed by atoms with Crippen LogP contribution in [0.15, 0.2) is 0 Å². The maximum Gasteiger partial charge on any atom is 0.324 e. The summed E-state index contributed by atoms with van der Waals surface area (Å²) in [5.41, 5.74) is 5.29. The van der Waals surface area contributed by atoms with E-state index < -0.39 is 11.9 Å². The van der Waals surface area contributed by atoms with Gasteiger partial charge in [0, 0.05) is 0 Å². The van der Waals surface area contributed by atoms with E-state index >= 15 is 0 Å². The second-order valence-electron chi connectivity index (χ2n) is 3.90. The molecular weight excluding hydrogens is 238 g/mol. The average molecular weight is 255 g/mol. The summed E-state index contributed by atoms with van der Waals surface area (Å²) in [6.07, 6.45) is 0. The standard InChI is InChI=1S/C10H17N5O3/c1-5(2)6(7(11)16)12-8-13-9(17-3)15-10(14-8)18-4/h5-6H,1-4H3,(H2,11,16)(H,12,13,14,15). The first-order valence-corrected chi connectivity index (χ1v) is 5.37. The number of ether oxygens (including phenoxy) is 2. The Kier molecular flexibility index (Phi) is 4.64. The van der Waals surface area contributed by atoms with Crippen molar-refractivity contribution in [1.29, 1.82) is 0 Å². The molecule has 1 amide bonds. The fraction of sp³-hybridized carbons (Fsp3) is 0.600. The second-order valence-corrected chi connectivity index (χ2v) is 3.90. The molecule has 1 atom stereocenters. The molecule has 0 aromatic carbocycles. The molecule has 3 N–H and O–H groups in total. The van der Waals surface area contributed by atoms with Gasteiger partial charge in [-0.2, -0.15) is 9.97 Å². The van der Waals surface area contributed by atoms with Gasteiger partial charge in [0.05, 0.1) is 14.2 Å². The minimum Gasteiger partial charge on any atom is -0.467 e. The third kappa shape index (κ3) is 3.44. The van der Waals surface area contributed by atoms with Gasteiger partial charge in [-0.15, -0.1) is 4.98 Å². The van der Waals surface area contributed by atoms with Gasteiger partial charge in [-0.1, -0.05) is 13.8 Å². The molecule has 0 aliphatic heterocycles. The van der Waals surface area contributed by atoms with Crippen LogP contribution in [0.4, 0.5) is 5.95 Å². The van der Waals surface area contributed by atoms with E-state index in [9.17, 15) is 4.79 Å². The lowest BCUT2D eigenvalue weighted by Gasteiger charge is -2.18. The number of nitrogens with one attached hydrogen (secondary N) is 1. The van der Waals surface area contributed by atoms with Crippen LogP contribution in [0.2, 0.25) is 0 Å². The minimum absolute atomic E-state index is 0.00347. The number of aromatic nitrogens is 3. The summed E-state index contributed by atoms with van der Waals surface area (Å²) in [7, 11) is 2.85. The molecule has 0 spiro atoms. The number of amides is 1. The predicted octanol–water partition coefficient (Wildman–Crippen LogP) is -0.189. The summed E-state index contributed by atoms with van der Waals surface area (Å²) >= 11 is 0. The SMILES string of the molecule is COc1nc(NC(C(N)=O)C(C)C)nc(OC)n1. The summed E-state index contributed by atoms with van der Waals surface area (Å²) in [6.45, 7) is 3.72. The third-order valence-electron chi connectivity index (χ3n) is 2.22. The topological polar surface area (TPSA) is 112 Å². The Balaban J connectivity index is 2.98. The van der Waals surface area contributed by atoms with Gasteiger partial charge in [0.15, 0.2) is 0 Å². The summed E-state index contributed by atoms with van der Waals surface area (Å²) < 4.78 is 9.80. The van der Waals surface area contributed by atoms with Gasteiger partial charge in [0.1, 0.15) is 6.04 Å². The van der Waals surface area contributed by atoms with Gasteiger partial charge in [-0.25, -0.2) is 0 Å². The molecule has 1 heterocycles. The van der Waals surface area contributed by atoms with Crippen LogP contribution < -0.4 is 20.5 Å². The maximum atomic E-state index is 11.3. The lowest BCUT2D eigenvalue weighted by Crippen LogP contribution is -2.40. The molecule has 0 saturated carbocycles. The largest absolute Gasteiger partial charge is 0.467 e. The zero-order chi connectivity index (χ0) is 13.7. The number of methoxy groups -OCH3 is 2. The highest BCUT2D eigenvalue weighted by molar-refractivity contribution is 5.82. The molecule has 1 aromatic heterocycles. The molecule has 1 unspecified atom stereocenters. The zero-order valence-corrected chi connectivity index (χ0v) is 10.8. The highest BCUT2D eigenvalue weighted by atomic mass is 16.5. The van der Waals surface area contributed by atoms with E-state index in [0.29, 0.717) is 0 Å². The number of hydrogen-bond acceptors (Lipinski definition) is 7. The highest BCUT2D eigenvalue weighted by Crippen LogP contribution is 2.14. The molecule has 1 rings (SSSR count). The number of hydrogen-bond donors (Lipinski definition) is 2. The van der Waals surface area contributed by atoms with Crippen molar-refractivity contribution in [3.05, 3.63) is 0 Å². The minimum atomic E-state index is -0.582. The van der Waals surface area contributed by atoms with E-state index in [-0.39, 0.29) is 23.9 Å². The van der Waals surface area contributed by atoms with E-state index in [0.717, 1.165) is 0 Å². The second kappa shape index (κ2) is 5.99. The molecule has 100 valence electrons. The van der Waals surface area contributed by atoms with Crippen LogP contribution in [0, 0.1) is 5.92 Å². The van der Waals surface area contributed by atoms with Crippen LogP contribution in [0.5, 0.6) is 12.0 Å². The van der Waals surface area contributed by atoms with Gasteiger partial charge in [0.2, 0.25) is 11.9 Å². The van der Waals surface area contributed by atoms with Crippen molar-refractivity contribution in [2.75, 3.05) is 19.5 Å². The Morgan fingerprint density at radius 3 is 2.00 bits per heavy atom. The molecule has 0 bridgehead atoms. The summed E-state index contributed by atoms with van der Waals surface area (Å²) in [5.74, 6) is -0.309. The van der Waals surface area contributed by atoms with Crippen LogP contribution in [-0.4, -0.2) is 41.1 Å². The first kappa shape index (κ1) is 13.9. The van der Waals surface area contributed by atoms with Crippen LogP contribution in [0.1, 0.15) is 13.8 Å². The van der Waals surface area contributed by atoms with E-state index in [1.807, 2.05) is 13.8 Å². The lowest BCUT2D eigenvalue weighted by atomic mass is 10.0. The number of carbonyl (C=O) groups excluding carboxylic acids is 1. The average Bonchev–Trinajstić information content (AvgIpc) is 2.34. The van der Waals surface area contributed by atoms with Gasteiger partial charge < -0.3 is 20.5 Å². The summed E-state index contributed by atoms with van der Waals surface area (Å²) in [5, 5.41) is 2.83. The Hall–Kier alpha value is -2.12. The lowest BCUT2D eigenvalue weighted by molar-refractivity contribution is -0.119. The summed E-state index contributed by atoms with van der Waals surface area (Å²) in [4.78, 5) is 23.0. The van der Waals surface area contributed by atoms with Gasteiger partial charge in [-0.3, -0.25) is 4.79 Å². The smallest absolute Gasteiger partial charge is 0.324 e. The van der Waals surface area contributed by atoms with Crippen molar-refractivity contribution in [3.63, 3.8) is 0 Å². The van der Waals surface area contributed by atoms with Crippen molar-refractivity contribution in [2.24, 2.45) is 11.7 Å². The molecule has 0 aliphatic carbocycles. The number of anilines is 1. The number of nitrogens with two attached hydrogens (primary N) is 1. The van der Waals surface area contributed by atoms with E-state index in [1.165, 1.54) is 14.2 Å². The van der Waals surface area contributed by atoms with E-state index in [4.69, 9.17) is 15.2 Å². The van der Waals surface area contributed by atoms with E-state index in [2.05, 4.69) is 20.3 Å². The monoisotopic (exact) mass is 255 g/mol. The van der Waals surface area contributed by atoms with Crippen molar-refractivity contribution >= 4 is 11.9 Å². The highest BCUT2D eigenvalue weighted by Gasteiger charge is 2.21. The van der Waals surface area contributed by atoms with Gasteiger partial charge >= 0.3 is 12.0 Å². The molecule has 0 aliphatic rings. The summed E-state index contributed by atoms with van der Waals surface area (Å²) in [6, 6.07) is -0.394. The zero-order valence-electron chi connectivity index (χ0n) is 10.8. The Labute approximate surface area is 105 Å². The van der Waals surface area contributed by atoms with Crippen LogP contribution in [0.3, 0.4) is 0 Å². The molecule has 0 radical (unpaired) electrons. The quantitative estimate of drug-likeness (QED) is 0.724. The first-order valence-electron chi connectivity index (χ1n) is 5.37. The Morgan fingerprint density at radius 1 is 1.17 bits per heavy atom. The van der Waals surface area contributed by atoms with Crippen molar-refractivity contribution in [3.8, 4) is 12.0 Å². The Morgan fingerprint density at radius 2 is 1.67 bits per heavy atom. The van der Waals surface area contributed by atoms with Crippen molar-refractivity contribution in [1.82, 2.24) is 15.0 Å². The number of rotatable bonds is 6. The van der Waals surface area contributed by atoms with Crippen molar-refractivity contribution in [2.45, 2.75) is 19.9 Å². The number of primary amides is 1. The third-order valence-corrected chi connectivity index (χ3v) is 2.22. The molecule has 0 fully saturated rings. The fourth-order valence-corrected chi connectivity index (χ4v) is 1.29. The molecule has 8 nitrogen and oxygen atoms in total. The van der Waals surface area contributed by atoms with Crippen LogP contribution in [-0.2, 0) is 4.79 Å². The number of carbonyl (C=O) groups is 1. The molecule has 8 heteroatoms. The van der Waals surface area contributed by atoms with Gasteiger partial charge in [-0.05, 0) is 5.92 Å². The van der Waals surface area contributed by atoms with Gasteiger partial charge in [0.25, 0.3) is 0 Å². The molecular formula is C10H17N5O3. The van der Waals surface area contributed by atoms with Crippen LogP contribution in [0.25, 0.3) is 0 Å². The van der Waals surface area contributed by atoms with E-state index in [1.54, 1.807) is 0 Å². The first-order chi connectivity index (χ1) is 8.47. The fourth-order valence-electron chi connectivity index (χ4n) is 1.29. The molecule has 18 heavy (non-hydrogen) atoms. The number of nitrogens with zero attached hydrogens (tertiary/aromatic N) is 3. The maximum absolute atomic E-state index is 11.3. The molecule has 0 saturated heterocycles.